The van der Waals surface area contributed by atoms with E-state index in [9.17, 15) is 4.79 Å². The number of aliphatic imine (C=N–C) groups is 1. The maximum atomic E-state index is 14.2. The molecule has 206 valence electrons. The zero-order valence-corrected chi connectivity index (χ0v) is 25.6. The Morgan fingerprint density at radius 3 is 1.95 bits per heavy atom. The molecule has 39 heavy (non-hydrogen) atoms. The second-order valence-corrected chi connectivity index (χ2v) is 12.7. The fraction of sp³-hybridized carbons (Fsp3) is 0.394. The van der Waals surface area contributed by atoms with E-state index < -0.39 is 11.1 Å². The molecule has 4 nitrogen and oxygen atoms in total. The average molecular weight is 566 g/mol. The van der Waals surface area contributed by atoms with Crippen LogP contribution in [0.25, 0.3) is 0 Å². The van der Waals surface area contributed by atoms with Crippen LogP contribution in [-0.4, -0.2) is 23.2 Å². The van der Waals surface area contributed by atoms with Crippen molar-refractivity contribution in [2.45, 2.75) is 71.9 Å². The van der Waals surface area contributed by atoms with Crippen LogP contribution < -0.4 is 4.74 Å². The third-order valence-electron chi connectivity index (χ3n) is 7.85. The highest BCUT2D eigenvalue weighted by molar-refractivity contribution is 6.30. The highest BCUT2D eigenvalue weighted by Crippen LogP contribution is 2.54. The molecule has 0 saturated carbocycles. The van der Waals surface area contributed by atoms with Crippen molar-refractivity contribution in [2.24, 2.45) is 10.9 Å². The van der Waals surface area contributed by atoms with Gasteiger partial charge in [0, 0.05) is 16.0 Å². The minimum atomic E-state index is -0.881. The predicted molar refractivity (Wildman–Crippen MR) is 162 cm³/mol. The van der Waals surface area contributed by atoms with E-state index in [1.54, 1.807) is 0 Å². The molecule has 0 aliphatic carbocycles. The number of hydrogen-bond acceptors (Lipinski definition) is 3. The first-order valence-electron chi connectivity index (χ1n) is 13.5. The maximum Gasteiger partial charge on any atom is 0.231 e. The van der Waals surface area contributed by atoms with Gasteiger partial charge in [-0.1, -0.05) is 88.2 Å². The predicted octanol–water partition coefficient (Wildman–Crippen LogP) is 8.77. The molecule has 4 rings (SSSR count). The van der Waals surface area contributed by atoms with Crippen molar-refractivity contribution in [1.82, 2.24) is 4.90 Å². The molecule has 1 aliphatic heterocycles. The van der Waals surface area contributed by atoms with E-state index >= 15 is 0 Å². The number of nitrogens with zero attached hydrogens (tertiary/aromatic N) is 2. The van der Waals surface area contributed by atoms with Gasteiger partial charge in [0.2, 0.25) is 5.91 Å². The number of benzene rings is 3. The Hall–Kier alpha value is -2.82. The molecule has 0 N–H and O–H groups in total. The molecule has 1 aliphatic rings. The Morgan fingerprint density at radius 2 is 1.46 bits per heavy atom. The minimum absolute atomic E-state index is 0.0220. The van der Waals surface area contributed by atoms with Crippen LogP contribution in [-0.2, 0) is 21.3 Å². The summed E-state index contributed by atoms with van der Waals surface area (Å²) in [6.07, 6.45) is 0. The molecule has 0 aromatic heterocycles. The van der Waals surface area contributed by atoms with Crippen LogP contribution in [0, 0.1) is 5.92 Å². The number of rotatable bonds is 6. The number of halogens is 2. The number of ether oxygens (including phenoxy) is 1. The highest BCUT2D eigenvalue weighted by Gasteiger charge is 2.59. The lowest BCUT2D eigenvalue weighted by Crippen LogP contribution is -2.56. The van der Waals surface area contributed by atoms with Gasteiger partial charge in [0.1, 0.15) is 22.7 Å². The minimum Gasteiger partial charge on any atom is -0.493 e. The molecule has 0 saturated heterocycles. The first-order chi connectivity index (χ1) is 18.2. The molecular weight excluding hydrogens is 527 g/mol. The van der Waals surface area contributed by atoms with Crippen molar-refractivity contribution >= 4 is 34.9 Å². The monoisotopic (exact) mass is 564 g/mol. The molecule has 0 radical (unpaired) electrons. The van der Waals surface area contributed by atoms with Crippen molar-refractivity contribution in [1.29, 1.82) is 0 Å². The zero-order valence-electron chi connectivity index (χ0n) is 24.1. The molecular formula is C33H38Cl2N2O2. The molecule has 2 atom stereocenters. The van der Waals surface area contributed by atoms with E-state index in [2.05, 4.69) is 46.8 Å². The lowest BCUT2D eigenvalue weighted by Gasteiger charge is -2.46. The largest absolute Gasteiger partial charge is 0.493 e. The number of amidine groups is 1. The van der Waals surface area contributed by atoms with Crippen molar-refractivity contribution in [3.8, 4) is 5.75 Å². The lowest BCUT2D eigenvalue weighted by molar-refractivity contribution is -0.136. The van der Waals surface area contributed by atoms with Gasteiger partial charge in [0.15, 0.2) is 0 Å². The normalized spacial score (nSPS) is 21.3. The molecule has 3 aromatic rings. The van der Waals surface area contributed by atoms with Gasteiger partial charge in [0.25, 0.3) is 0 Å². The first kappa shape index (κ1) is 29.2. The standard InChI is InChI=1S/C33H38Cl2N2O2/c1-9-39-28-20-24(31(4,5)6)14-19-27(28)29-36-32(7,22-10-15-25(34)16-11-22)33(8,37(29)30(38)21(2)3)23-12-17-26(35)18-13-23/h10-21H,9H2,1-8H3/t32-,33+/m0/s1. The Labute approximate surface area is 243 Å². The van der Waals surface area contributed by atoms with Crippen LogP contribution in [0.2, 0.25) is 10.0 Å². The second-order valence-electron chi connectivity index (χ2n) is 11.8. The van der Waals surface area contributed by atoms with Gasteiger partial charge in [0.05, 0.1) is 12.2 Å². The average Bonchev–Trinajstić information content (AvgIpc) is 3.12. The molecule has 1 heterocycles. The van der Waals surface area contributed by atoms with Crippen molar-refractivity contribution in [3.05, 3.63) is 99.0 Å². The van der Waals surface area contributed by atoms with Crippen LogP contribution in [0.3, 0.4) is 0 Å². The summed E-state index contributed by atoms with van der Waals surface area (Å²) in [6.45, 7) is 17.0. The summed E-state index contributed by atoms with van der Waals surface area (Å²) in [5.41, 5.74) is 2.02. The number of hydrogen-bond donors (Lipinski definition) is 0. The summed E-state index contributed by atoms with van der Waals surface area (Å²) in [4.78, 5) is 21.5. The molecule has 3 aromatic carbocycles. The molecule has 0 spiro atoms. The molecule has 0 bridgehead atoms. The third kappa shape index (κ3) is 5.10. The summed E-state index contributed by atoms with van der Waals surface area (Å²) in [5.74, 6) is 1.02. The fourth-order valence-corrected chi connectivity index (χ4v) is 5.57. The summed E-state index contributed by atoms with van der Waals surface area (Å²) >= 11 is 12.6. The fourth-order valence-electron chi connectivity index (χ4n) is 5.32. The van der Waals surface area contributed by atoms with Gasteiger partial charge in [-0.15, -0.1) is 0 Å². The van der Waals surface area contributed by atoms with Gasteiger partial charge in [-0.2, -0.15) is 0 Å². The Morgan fingerprint density at radius 1 is 0.923 bits per heavy atom. The van der Waals surface area contributed by atoms with Crippen molar-refractivity contribution < 1.29 is 9.53 Å². The SMILES string of the molecule is CCOc1cc(C(C)(C)C)ccc1C1=N[C@@](C)(c2ccc(Cl)cc2)[C@@](C)(c2ccc(Cl)cc2)N1C(=O)C(C)C. The summed E-state index contributed by atoms with van der Waals surface area (Å²) in [7, 11) is 0. The van der Waals surface area contributed by atoms with Crippen LogP contribution >= 0.6 is 23.2 Å². The first-order valence-corrected chi connectivity index (χ1v) is 14.2. The number of amides is 1. The number of carbonyl (C=O) groups excluding carboxylic acids is 1. The maximum absolute atomic E-state index is 14.2. The summed E-state index contributed by atoms with van der Waals surface area (Å²) in [6, 6.07) is 21.7. The van der Waals surface area contributed by atoms with Crippen LogP contribution in [0.1, 0.15) is 77.6 Å². The Kier molecular flexibility index (Phi) is 7.95. The summed E-state index contributed by atoms with van der Waals surface area (Å²) in [5, 5.41) is 1.28. The molecule has 0 fully saturated rings. The van der Waals surface area contributed by atoms with Gasteiger partial charge in [-0.05, 0) is 79.3 Å². The summed E-state index contributed by atoms with van der Waals surface area (Å²) < 4.78 is 6.20. The molecule has 1 amide bonds. The van der Waals surface area contributed by atoms with E-state index in [0.717, 1.165) is 22.3 Å². The lowest BCUT2D eigenvalue weighted by atomic mass is 9.70. The van der Waals surface area contributed by atoms with E-state index in [1.807, 2.05) is 80.3 Å². The smallest absolute Gasteiger partial charge is 0.231 e. The second kappa shape index (κ2) is 10.6. The van der Waals surface area contributed by atoms with Crippen LogP contribution in [0.5, 0.6) is 5.75 Å². The molecule has 0 unspecified atom stereocenters. The number of carbonyl (C=O) groups is 1. The van der Waals surface area contributed by atoms with Crippen LogP contribution in [0.4, 0.5) is 0 Å². The van der Waals surface area contributed by atoms with Gasteiger partial charge < -0.3 is 4.74 Å². The van der Waals surface area contributed by atoms with Gasteiger partial charge in [-0.3, -0.25) is 14.7 Å². The topological polar surface area (TPSA) is 41.9 Å². The van der Waals surface area contributed by atoms with Crippen molar-refractivity contribution in [2.75, 3.05) is 6.61 Å². The van der Waals surface area contributed by atoms with Crippen LogP contribution in [0.15, 0.2) is 71.7 Å². The van der Waals surface area contributed by atoms with Crippen molar-refractivity contribution in [3.63, 3.8) is 0 Å². The van der Waals surface area contributed by atoms with Gasteiger partial charge >= 0.3 is 0 Å². The van der Waals surface area contributed by atoms with E-state index in [1.165, 1.54) is 0 Å². The Bertz CT molecular complexity index is 1390. The van der Waals surface area contributed by atoms with Gasteiger partial charge in [-0.25, -0.2) is 0 Å². The molecule has 6 heteroatoms. The third-order valence-corrected chi connectivity index (χ3v) is 8.36. The zero-order chi connectivity index (χ0) is 28.8. The Balaban J connectivity index is 2.07. The van der Waals surface area contributed by atoms with E-state index in [-0.39, 0.29) is 17.2 Å². The quantitative estimate of drug-likeness (QED) is 0.300. The highest BCUT2D eigenvalue weighted by atomic mass is 35.5. The van der Waals surface area contributed by atoms with E-state index in [0.29, 0.717) is 28.2 Å². The van der Waals surface area contributed by atoms with E-state index in [4.69, 9.17) is 32.9 Å².